The van der Waals surface area contributed by atoms with Crippen LogP contribution in [-0.4, -0.2) is 53.7 Å². The van der Waals surface area contributed by atoms with Crippen molar-refractivity contribution in [3.8, 4) is 11.1 Å². The molecule has 2 amide bonds. The van der Waals surface area contributed by atoms with Crippen LogP contribution in [-0.2, 0) is 14.3 Å². The van der Waals surface area contributed by atoms with Crippen LogP contribution in [0.15, 0.2) is 48.5 Å². The Balaban J connectivity index is 1.62. The minimum Gasteiger partial charge on any atom is -0.481 e. The van der Waals surface area contributed by atoms with Crippen molar-refractivity contribution in [2.75, 3.05) is 19.7 Å². The second kappa shape index (κ2) is 12.4. The second-order valence-electron chi connectivity index (χ2n) is 9.18. The van der Waals surface area contributed by atoms with Gasteiger partial charge in [-0.2, -0.15) is 0 Å². The monoisotopic (exact) mass is 480 g/mol. The summed E-state index contributed by atoms with van der Waals surface area (Å²) < 4.78 is 5.66. The number of hydrogen-bond donors (Lipinski definition) is 2. The molecule has 2 atom stereocenters. The maximum Gasteiger partial charge on any atom is 0.407 e. The molecule has 3 rings (SSSR count). The Morgan fingerprint density at radius 1 is 1.03 bits per heavy atom. The summed E-state index contributed by atoms with van der Waals surface area (Å²) in [5, 5.41) is 12.1. The van der Waals surface area contributed by atoms with E-state index in [-0.39, 0.29) is 37.4 Å². The lowest BCUT2D eigenvalue weighted by atomic mass is 9.98. The molecular weight excluding hydrogens is 444 g/mol. The van der Waals surface area contributed by atoms with Crippen LogP contribution in [0.3, 0.4) is 0 Å². The third-order valence-corrected chi connectivity index (χ3v) is 6.64. The number of hydrogen-bond acceptors (Lipinski definition) is 4. The summed E-state index contributed by atoms with van der Waals surface area (Å²) in [7, 11) is 0. The topological polar surface area (TPSA) is 95.9 Å². The maximum atomic E-state index is 12.9. The van der Waals surface area contributed by atoms with E-state index in [0.717, 1.165) is 24.0 Å². The number of aliphatic carboxylic acids is 1. The molecular formula is C28H36N2O5. The van der Waals surface area contributed by atoms with Crippen molar-refractivity contribution in [1.29, 1.82) is 0 Å². The minimum atomic E-state index is -0.935. The van der Waals surface area contributed by atoms with Crippen molar-refractivity contribution in [3.05, 3.63) is 59.7 Å². The molecule has 2 aromatic rings. The zero-order chi connectivity index (χ0) is 25.4. The fourth-order valence-electron chi connectivity index (χ4n) is 4.64. The highest BCUT2D eigenvalue weighted by atomic mass is 16.5. The van der Waals surface area contributed by atoms with E-state index in [1.54, 1.807) is 6.92 Å². The fourth-order valence-corrected chi connectivity index (χ4v) is 4.64. The first kappa shape index (κ1) is 26.3. The van der Waals surface area contributed by atoms with Gasteiger partial charge in [-0.3, -0.25) is 9.59 Å². The molecule has 0 saturated carbocycles. The molecule has 0 spiro atoms. The first-order chi connectivity index (χ1) is 16.8. The van der Waals surface area contributed by atoms with E-state index in [1.165, 1.54) is 16.0 Å². The van der Waals surface area contributed by atoms with Crippen LogP contribution in [0.4, 0.5) is 4.79 Å². The molecule has 7 heteroatoms. The second-order valence-corrected chi connectivity index (χ2v) is 9.18. The van der Waals surface area contributed by atoms with Gasteiger partial charge in [-0.25, -0.2) is 4.79 Å². The first-order valence-electron chi connectivity index (χ1n) is 12.5. The lowest BCUT2D eigenvalue weighted by molar-refractivity contribution is -0.143. The number of carboxylic acids is 1. The van der Waals surface area contributed by atoms with Gasteiger partial charge in [-0.15, -0.1) is 0 Å². The minimum absolute atomic E-state index is 0.0306. The summed E-state index contributed by atoms with van der Waals surface area (Å²) in [6.45, 7) is 6.25. The molecule has 188 valence electrons. The van der Waals surface area contributed by atoms with Crippen LogP contribution in [0.2, 0.25) is 0 Å². The van der Waals surface area contributed by atoms with Crippen LogP contribution in [0, 0.1) is 5.92 Å². The number of ether oxygens (including phenoxy) is 1. The van der Waals surface area contributed by atoms with E-state index in [1.807, 2.05) is 31.2 Å². The number of benzene rings is 2. The van der Waals surface area contributed by atoms with E-state index in [4.69, 9.17) is 4.74 Å². The Bertz CT molecular complexity index is 992. The zero-order valence-electron chi connectivity index (χ0n) is 20.8. The van der Waals surface area contributed by atoms with Crippen molar-refractivity contribution >= 4 is 18.0 Å². The van der Waals surface area contributed by atoms with Crippen molar-refractivity contribution in [2.45, 2.75) is 58.4 Å². The van der Waals surface area contributed by atoms with Gasteiger partial charge in [0.1, 0.15) is 6.61 Å². The molecule has 0 bridgehead atoms. The summed E-state index contributed by atoms with van der Waals surface area (Å²) in [6.07, 6.45) is 2.02. The van der Waals surface area contributed by atoms with E-state index in [0.29, 0.717) is 13.0 Å². The van der Waals surface area contributed by atoms with Gasteiger partial charge < -0.3 is 20.1 Å². The number of unbranched alkanes of at least 4 members (excludes halogenated alkanes) is 1. The molecule has 2 N–H and O–H groups in total. The Morgan fingerprint density at radius 2 is 1.63 bits per heavy atom. The van der Waals surface area contributed by atoms with Gasteiger partial charge >= 0.3 is 12.1 Å². The number of carboxylic acid groups (broad SMARTS) is 1. The van der Waals surface area contributed by atoms with E-state index in [2.05, 4.69) is 36.5 Å². The smallest absolute Gasteiger partial charge is 0.407 e. The number of fused-ring (bicyclic) bond motifs is 3. The highest BCUT2D eigenvalue weighted by Gasteiger charge is 2.29. The number of alkyl carbamates (subject to hydrolysis) is 1. The molecule has 1 aliphatic carbocycles. The molecule has 0 heterocycles. The lowest BCUT2D eigenvalue weighted by Crippen LogP contribution is -2.43. The number of rotatable bonds is 12. The fraction of sp³-hybridized carbons (Fsp3) is 0.464. The molecule has 1 aliphatic rings. The molecule has 7 nitrogen and oxygen atoms in total. The van der Waals surface area contributed by atoms with Crippen LogP contribution in [0.5, 0.6) is 0 Å². The van der Waals surface area contributed by atoms with Gasteiger partial charge in [0, 0.05) is 31.5 Å². The Hall–Kier alpha value is -3.35. The summed E-state index contributed by atoms with van der Waals surface area (Å²) in [6, 6.07) is 16.0. The Labute approximate surface area is 207 Å². The van der Waals surface area contributed by atoms with E-state index >= 15 is 0 Å². The SMILES string of the molecule is CCCC[C@H](CC(=O)N(CC)CC(C)C(=O)O)NC(=O)OCC1c2ccccc2-c2ccccc21. The summed E-state index contributed by atoms with van der Waals surface area (Å²) in [5.41, 5.74) is 4.62. The average molecular weight is 481 g/mol. The number of amides is 2. The van der Waals surface area contributed by atoms with Crippen molar-refractivity contribution < 1.29 is 24.2 Å². The third kappa shape index (κ3) is 6.62. The summed E-state index contributed by atoms with van der Waals surface area (Å²) in [5.74, 6) is -1.78. The Morgan fingerprint density at radius 3 is 2.17 bits per heavy atom. The lowest BCUT2D eigenvalue weighted by Gasteiger charge is -2.26. The normalized spacial score (nSPS) is 13.9. The van der Waals surface area contributed by atoms with Crippen LogP contribution >= 0.6 is 0 Å². The molecule has 1 unspecified atom stereocenters. The quantitative estimate of drug-likeness (QED) is 0.444. The molecule has 0 saturated heterocycles. The standard InChI is InChI=1S/C28H36N2O5/c1-4-6-11-20(16-26(31)30(5-2)17-19(3)27(32)33)29-28(34)35-18-25-23-14-9-7-12-21(23)22-13-8-10-15-24(22)25/h7-10,12-15,19-20,25H,4-6,11,16-18H2,1-3H3,(H,29,34)(H,32,33)/t19?,20-/m1/s1. The summed E-state index contributed by atoms with van der Waals surface area (Å²) >= 11 is 0. The van der Waals surface area contributed by atoms with Gasteiger partial charge in [-0.05, 0) is 35.6 Å². The van der Waals surface area contributed by atoms with Gasteiger partial charge in [0.05, 0.1) is 5.92 Å². The largest absolute Gasteiger partial charge is 0.481 e. The van der Waals surface area contributed by atoms with Crippen molar-refractivity contribution in [2.24, 2.45) is 5.92 Å². The maximum absolute atomic E-state index is 12.9. The van der Waals surface area contributed by atoms with Gasteiger partial charge in [0.2, 0.25) is 5.91 Å². The van der Waals surface area contributed by atoms with E-state index < -0.39 is 18.0 Å². The van der Waals surface area contributed by atoms with Crippen molar-refractivity contribution in [3.63, 3.8) is 0 Å². The predicted octanol–water partition coefficient (Wildman–Crippen LogP) is 5.04. The van der Waals surface area contributed by atoms with Gasteiger partial charge in [0.15, 0.2) is 0 Å². The highest BCUT2D eigenvalue weighted by Crippen LogP contribution is 2.44. The number of nitrogens with zero attached hydrogens (tertiary/aromatic N) is 1. The van der Waals surface area contributed by atoms with Crippen LogP contribution in [0.25, 0.3) is 11.1 Å². The summed E-state index contributed by atoms with van der Waals surface area (Å²) in [4.78, 5) is 38.4. The number of carbonyl (C=O) groups excluding carboxylic acids is 2. The highest BCUT2D eigenvalue weighted by molar-refractivity contribution is 5.80. The third-order valence-electron chi connectivity index (χ3n) is 6.64. The number of nitrogens with one attached hydrogen (secondary N) is 1. The van der Waals surface area contributed by atoms with Gasteiger partial charge in [0.25, 0.3) is 0 Å². The van der Waals surface area contributed by atoms with Crippen LogP contribution < -0.4 is 5.32 Å². The van der Waals surface area contributed by atoms with Crippen molar-refractivity contribution in [1.82, 2.24) is 10.2 Å². The molecule has 0 aromatic heterocycles. The molecule has 35 heavy (non-hydrogen) atoms. The number of carbonyl (C=O) groups is 3. The van der Waals surface area contributed by atoms with Gasteiger partial charge in [-0.1, -0.05) is 75.2 Å². The molecule has 2 aromatic carbocycles. The average Bonchev–Trinajstić information content (AvgIpc) is 3.17. The molecule has 0 fully saturated rings. The molecule has 0 radical (unpaired) electrons. The predicted molar refractivity (Wildman–Crippen MR) is 135 cm³/mol. The first-order valence-corrected chi connectivity index (χ1v) is 12.5. The Kier molecular flexibility index (Phi) is 9.29. The van der Waals surface area contributed by atoms with E-state index in [9.17, 15) is 19.5 Å². The van der Waals surface area contributed by atoms with Crippen LogP contribution in [0.1, 0.15) is 63.5 Å². The molecule has 0 aliphatic heterocycles. The zero-order valence-corrected chi connectivity index (χ0v) is 20.8.